The lowest BCUT2D eigenvalue weighted by Crippen LogP contribution is -2.23. The molecule has 0 aromatic carbocycles. The van der Waals surface area contributed by atoms with Crippen molar-refractivity contribution in [2.24, 2.45) is 0 Å². The number of rotatable bonds is 5. The average molecular weight is 237 g/mol. The highest BCUT2D eigenvalue weighted by atomic mass is 16.5. The maximum Gasteiger partial charge on any atom is 0.330 e. The summed E-state index contributed by atoms with van der Waals surface area (Å²) >= 11 is 0. The molecule has 0 fully saturated rings. The molecule has 17 heavy (non-hydrogen) atoms. The predicted molar refractivity (Wildman–Crippen MR) is 61.6 cm³/mol. The molecule has 0 radical (unpaired) electrons. The number of esters is 1. The molecule has 92 valence electrons. The van der Waals surface area contributed by atoms with Crippen molar-refractivity contribution in [2.75, 3.05) is 13.7 Å². The third kappa shape index (κ3) is 3.79. The average Bonchev–Trinajstić information content (AvgIpc) is 2.82. The lowest BCUT2D eigenvalue weighted by molar-refractivity contribution is -0.134. The second-order valence-electron chi connectivity index (χ2n) is 3.25. The van der Waals surface area contributed by atoms with Gasteiger partial charge in [0.25, 0.3) is 5.91 Å². The smallest absolute Gasteiger partial charge is 0.330 e. The second-order valence-corrected chi connectivity index (χ2v) is 3.25. The molecule has 0 bridgehead atoms. The zero-order valence-electron chi connectivity index (χ0n) is 9.86. The minimum atomic E-state index is -0.447. The lowest BCUT2D eigenvalue weighted by atomic mass is 10.2. The SMILES string of the molecule is CCc1occc1C(=O)NC/C=C/C(=O)OC. The topological polar surface area (TPSA) is 68.5 Å². The van der Waals surface area contributed by atoms with E-state index in [0.717, 1.165) is 0 Å². The van der Waals surface area contributed by atoms with E-state index < -0.39 is 5.97 Å². The Morgan fingerprint density at radius 3 is 2.94 bits per heavy atom. The monoisotopic (exact) mass is 237 g/mol. The molecule has 1 amide bonds. The normalized spacial score (nSPS) is 10.5. The molecular formula is C12H15NO4. The van der Waals surface area contributed by atoms with Crippen LogP contribution in [0.3, 0.4) is 0 Å². The molecule has 0 saturated heterocycles. The largest absolute Gasteiger partial charge is 0.469 e. The molecule has 1 heterocycles. The van der Waals surface area contributed by atoms with Crippen molar-refractivity contribution >= 4 is 11.9 Å². The first kappa shape index (κ1) is 13.0. The molecule has 0 saturated carbocycles. The summed E-state index contributed by atoms with van der Waals surface area (Å²) in [5, 5.41) is 2.65. The molecule has 0 atom stereocenters. The zero-order valence-corrected chi connectivity index (χ0v) is 9.86. The lowest BCUT2D eigenvalue weighted by Gasteiger charge is -2.01. The van der Waals surface area contributed by atoms with Gasteiger partial charge in [-0.25, -0.2) is 4.79 Å². The molecule has 1 N–H and O–H groups in total. The van der Waals surface area contributed by atoms with Crippen LogP contribution in [0.5, 0.6) is 0 Å². The van der Waals surface area contributed by atoms with Gasteiger partial charge in [0.2, 0.25) is 0 Å². The molecule has 0 aliphatic rings. The van der Waals surface area contributed by atoms with Crippen LogP contribution in [-0.4, -0.2) is 25.5 Å². The van der Waals surface area contributed by atoms with Gasteiger partial charge in [-0.15, -0.1) is 0 Å². The van der Waals surface area contributed by atoms with E-state index in [4.69, 9.17) is 4.42 Å². The van der Waals surface area contributed by atoms with E-state index in [0.29, 0.717) is 17.7 Å². The van der Waals surface area contributed by atoms with Crippen LogP contribution >= 0.6 is 0 Å². The maximum absolute atomic E-state index is 11.7. The predicted octanol–water partition coefficient (Wildman–Crippen LogP) is 1.30. The number of ether oxygens (including phenoxy) is 1. The molecular weight excluding hydrogens is 222 g/mol. The summed E-state index contributed by atoms with van der Waals surface area (Å²) in [6.45, 7) is 2.18. The Hall–Kier alpha value is -2.04. The Morgan fingerprint density at radius 1 is 1.53 bits per heavy atom. The van der Waals surface area contributed by atoms with Crippen molar-refractivity contribution < 1.29 is 18.7 Å². The van der Waals surface area contributed by atoms with Crippen molar-refractivity contribution in [1.82, 2.24) is 5.32 Å². The van der Waals surface area contributed by atoms with Crippen LogP contribution in [0.2, 0.25) is 0 Å². The summed E-state index contributed by atoms with van der Waals surface area (Å²) < 4.78 is 9.56. The number of carbonyl (C=O) groups excluding carboxylic acids is 2. The second kappa shape index (κ2) is 6.52. The van der Waals surface area contributed by atoms with Crippen LogP contribution in [0.15, 0.2) is 28.9 Å². The number of nitrogens with one attached hydrogen (secondary N) is 1. The first-order chi connectivity index (χ1) is 8.19. The van der Waals surface area contributed by atoms with Gasteiger partial charge in [0.05, 0.1) is 18.9 Å². The Bertz CT molecular complexity index is 420. The molecule has 0 unspecified atom stereocenters. The number of aryl methyl sites for hydroxylation is 1. The fraction of sp³-hybridized carbons (Fsp3) is 0.333. The summed E-state index contributed by atoms with van der Waals surface area (Å²) in [7, 11) is 1.30. The summed E-state index contributed by atoms with van der Waals surface area (Å²) in [4.78, 5) is 22.4. The fourth-order valence-electron chi connectivity index (χ4n) is 1.29. The van der Waals surface area contributed by atoms with Crippen LogP contribution in [0.4, 0.5) is 0 Å². The van der Waals surface area contributed by atoms with Gasteiger partial charge in [-0.3, -0.25) is 4.79 Å². The van der Waals surface area contributed by atoms with E-state index in [2.05, 4.69) is 10.1 Å². The fourth-order valence-corrected chi connectivity index (χ4v) is 1.29. The van der Waals surface area contributed by atoms with Gasteiger partial charge in [-0.05, 0) is 6.07 Å². The number of furan rings is 1. The molecule has 1 rings (SSSR count). The van der Waals surface area contributed by atoms with E-state index in [9.17, 15) is 9.59 Å². The van der Waals surface area contributed by atoms with Gasteiger partial charge in [-0.1, -0.05) is 13.0 Å². The molecule has 5 nitrogen and oxygen atoms in total. The molecule has 0 aliphatic heterocycles. The molecule has 0 spiro atoms. The van der Waals surface area contributed by atoms with Crippen molar-refractivity contribution in [1.29, 1.82) is 0 Å². The van der Waals surface area contributed by atoms with Gasteiger partial charge in [0, 0.05) is 19.0 Å². The van der Waals surface area contributed by atoms with E-state index in [1.807, 2.05) is 6.92 Å². The third-order valence-electron chi connectivity index (χ3n) is 2.15. The van der Waals surface area contributed by atoms with E-state index >= 15 is 0 Å². The molecule has 1 aromatic rings. The Morgan fingerprint density at radius 2 is 2.29 bits per heavy atom. The highest BCUT2D eigenvalue weighted by Crippen LogP contribution is 2.10. The van der Waals surface area contributed by atoms with Crippen molar-refractivity contribution in [2.45, 2.75) is 13.3 Å². The highest BCUT2D eigenvalue weighted by Gasteiger charge is 2.11. The van der Waals surface area contributed by atoms with E-state index in [1.165, 1.54) is 25.5 Å². The summed E-state index contributed by atoms with van der Waals surface area (Å²) in [6.07, 6.45) is 4.93. The van der Waals surface area contributed by atoms with Gasteiger partial charge >= 0.3 is 5.97 Å². The summed E-state index contributed by atoms with van der Waals surface area (Å²) in [6, 6.07) is 1.62. The van der Waals surface area contributed by atoms with Crippen LogP contribution in [0.25, 0.3) is 0 Å². The van der Waals surface area contributed by atoms with Crippen molar-refractivity contribution in [3.63, 3.8) is 0 Å². The van der Waals surface area contributed by atoms with Crippen LogP contribution < -0.4 is 5.32 Å². The Labute approximate surface area is 99.4 Å². The quantitative estimate of drug-likeness (QED) is 0.619. The number of hydrogen-bond donors (Lipinski definition) is 1. The van der Waals surface area contributed by atoms with Gasteiger partial charge in [0.15, 0.2) is 0 Å². The molecule has 0 aliphatic carbocycles. The number of methoxy groups -OCH3 is 1. The summed E-state index contributed by atoms with van der Waals surface area (Å²) in [5.41, 5.74) is 0.527. The Kier molecular flexibility index (Phi) is 5.00. The van der Waals surface area contributed by atoms with E-state index in [1.54, 1.807) is 6.07 Å². The van der Waals surface area contributed by atoms with E-state index in [-0.39, 0.29) is 12.5 Å². The number of hydrogen-bond acceptors (Lipinski definition) is 4. The number of amides is 1. The van der Waals surface area contributed by atoms with Gasteiger partial charge in [0.1, 0.15) is 5.76 Å². The van der Waals surface area contributed by atoms with Crippen molar-refractivity contribution in [3.05, 3.63) is 35.8 Å². The van der Waals surface area contributed by atoms with Crippen molar-refractivity contribution in [3.8, 4) is 0 Å². The highest BCUT2D eigenvalue weighted by molar-refractivity contribution is 5.95. The van der Waals surface area contributed by atoms with Crippen LogP contribution in [0.1, 0.15) is 23.0 Å². The Balaban J connectivity index is 2.45. The number of carbonyl (C=O) groups is 2. The summed E-state index contributed by atoms with van der Waals surface area (Å²) in [5.74, 6) is -0.0126. The standard InChI is InChI=1S/C12H15NO4/c1-3-10-9(6-8-17-10)12(15)13-7-4-5-11(14)16-2/h4-6,8H,3,7H2,1-2H3,(H,13,15)/b5-4+. The van der Waals surface area contributed by atoms with Gasteiger partial charge in [-0.2, -0.15) is 0 Å². The van der Waals surface area contributed by atoms with Crippen LogP contribution in [-0.2, 0) is 16.0 Å². The van der Waals surface area contributed by atoms with Gasteiger partial charge < -0.3 is 14.5 Å². The maximum atomic E-state index is 11.7. The first-order valence-electron chi connectivity index (χ1n) is 5.28. The minimum absolute atomic E-state index is 0.217. The third-order valence-corrected chi connectivity index (χ3v) is 2.15. The minimum Gasteiger partial charge on any atom is -0.469 e. The first-order valence-corrected chi connectivity index (χ1v) is 5.28. The molecule has 5 heteroatoms. The van der Waals surface area contributed by atoms with Crippen LogP contribution in [0, 0.1) is 0 Å². The molecule has 1 aromatic heterocycles. The zero-order chi connectivity index (χ0) is 12.7.